The summed E-state index contributed by atoms with van der Waals surface area (Å²) < 4.78 is 29.9. The lowest BCUT2D eigenvalue weighted by Gasteiger charge is -2.19. The summed E-state index contributed by atoms with van der Waals surface area (Å²) in [7, 11) is 0. The Hall–Kier alpha value is -1.19. The first-order valence-electron chi connectivity index (χ1n) is 4.48. The van der Waals surface area contributed by atoms with Crippen molar-refractivity contribution >= 4 is 5.78 Å². The molecule has 0 N–H and O–H groups in total. The van der Waals surface area contributed by atoms with Gasteiger partial charge < -0.3 is 4.42 Å². The standard InChI is InChI=1S/C10H10F2O2/c1-5-4-14-8-3-6(10(11)12)2-7(13)9(5)8/h4,6,10H,2-3H2,1H3. The molecule has 4 heteroatoms. The first-order chi connectivity index (χ1) is 6.59. The van der Waals surface area contributed by atoms with Crippen molar-refractivity contribution in [3.05, 3.63) is 23.2 Å². The molecule has 0 saturated heterocycles. The van der Waals surface area contributed by atoms with Gasteiger partial charge in [-0.2, -0.15) is 0 Å². The average Bonchev–Trinajstić information content (AvgIpc) is 2.48. The van der Waals surface area contributed by atoms with Crippen LogP contribution in [-0.4, -0.2) is 12.2 Å². The number of hydrogen-bond donors (Lipinski definition) is 0. The predicted octanol–water partition coefficient (Wildman–Crippen LogP) is 2.60. The number of rotatable bonds is 1. The Morgan fingerprint density at radius 3 is 2.86 bits per heavy atom. The van der Waals surface area contributed by atoms with Gasteiger partial charge in [-0.25, -0.2) is 8.78 Å². The van der Waals surface area contributed by atoms with Crippen molar-refractivity contribution in [2.24, 2.45) is 5.92 Å². The van der Waals surface area contributed by atoms with Crippen molar-refractivity contribution in [3.63, 3.8) is 0 Å². The predicted molar refractivity (Wildman–Crippen MR) is 45.6 cm³/mol. The lowest BCUT2D eigenvalue weighted by atomic mass is 9.86. The van der Waals surface area contributed by atoms with Crippen LogP contribution in [-0.2, 0) is 6.42 Å². The Morgan fingerprint density at radius 2 is 2.21 bits per heavy atom. The molecule has 0 spiro atoms. The van der Waals surface area contributed by atoms with Crippen LogP contribution in [0, 0.1) is 12.8 Å². The van der Waals surface area contributed by atoms with Gasteiger partial charge in [0.15, 0.2) is 5.78 Å². The van der Waals surface area contributed by atoms with Gasteiger partial charge in [-0.15, -0.1) is 0 Å². The summed E-state index contributed by atoms with van der Waals surface area (Å²) in [6, 6.07) is 0. The molecule has 76 valence electrons. The normalized spacial score (nSPS) is 21.4. The highest BCUT2D eigenvalue weighted by atomic mass is 19.3. The third kappa shape index (κ3) is 1.35. The lowest BCUT2D eigenvalue weighted by Crippen LogP contribution is -2.24. The van der Waals surface area contributed by atoms with E-state index in [-0.39, 0.29) is 18.6 Å². The third-order valence-corrected chi connectivity index (χ3v) is 2.58. The lowest BCUT2D eigenvalue weighted by molar-refractivity contribution is 0.0571. The number of halogens is 2. The fourth-order valence-corrected chi connectivity index (χ4v) is 1.85. The number of carbonyl (C=O) groups excluding carboxylic acids is 1. The van der Waals surface area contributed by atoms with Crippen molar-refractivity contribution in [2.45, 2.75) is 26.2 Å². The molecule has 1 atom stereocenters. The van der Waals surface area contributed by atoms with E-state index in [9.17, 15) is 13.6 Å². The van der Waals surface area contributed by atoms with Crippen LogP contribution in [0.25, 0.3) is 0 Å². The van der Waals surface area contributed by atoms with Crippen LogP contribution in [0.4, 0.5) is 8.78 Å². The molecule has 2 nitrogen and oxygen atoms in total. The van der Waals surface area contributed by atoms with Crippen LogP contribution in [0.5, 0.6) is 0 Å². The number of ketones is 1. The summed E-state index contributed by atoms with van der Waals surface area (Å²) in [6.45, 7) is 1.75. The first kappa shape index (κ1) is 9.37. The van der Waals surface area contributed by atoms with Gasteiger partial charge in [0.25, 0.3) is 0 Å². The third-order valence-electron chi connectivity index (χ3n) is 2.58. The molecule has 1 aliphatic carbocycles. The minimum absolute atomic E-state index is 0.0644. The number of carbonyl (C=O) groups is 1. The Morgan fingerprint density at radius 1 is 1.50 bits per heavy atom. The molecule has 2 rings (SSSR count). The van der Waals surface area contributed by atoms with Gasteiger partial charge in [0.05, 0.1) is 11.8 Å². The summed E-state index contributed by atoms with van der Waals surface area (Å²) in [5, 5.41) is 0. The zero-order chi connectivity index (χ0) is 10.3. The second kappa shape index (κ2) is 3.19. The van der Waals surface area contributed by atoms with E-state index >= 15 is 0 Å². The van der Waals surface area contributed by atoms with E-state index in [4.69, 9.17) is 4.42 Å². The molecule has 1 aromatic heterocycles. The van der Waals surface area contributed by atoms with Gasteiger partial charge in [0, 0.05) is 18.8 Å². The molecular formula is C10H10F2O2. The van der Waals surface area contributed by atoms with Crippen molar-refractivity contribution in [2.75, 3.05) is 0 Å². The summed E-state index contributed by atoms with van der Waals surface area (Å²) in [5.41, 5.74) is 1.26. The van der Waals surface area contributed by atoms with E-state index in [1.165, 1.54) is 6.26 Å². The molecule has 1 heterocycles. The molecule has 14 heavy (non-hydrogen) atoms. The van der Waals surface area contributed by atoms with Crippen molar-refractivity contribution < 1.29 is 18.0 Å². The highest BCUT2D eigenvalue weighted by Crippen LogP contribution is 2.32. The minimum Gasteiger partial charge on any atom is -0.468 e. The van der Waals surface area contributed by atoms with Gasteiger partial charge >= 0.3 is 0 Å². The van der Waals surface area contributed by atoms with Crippen LogP contribution >= 0.6 is 0 Å². The van der Waals surface area contributed by atoms with Crippen molar-refractivity contribution in [3.8, 4) is 0 Å². The Bertz CT molecular complexity index is 368. The fourth-order valence-electron chi connectivity index (χ4n) is 1.85. The maximum Gasteiger partial charge on any atom is 0.242 e. The molecule has 0 bridgehead atoms. The van der Waals surface area contributed by atoms with E-state index < -0.39 is 12.3 Å². The maximum absolute atomic E-state index is 12.4. The van der Waals surface area contributed by atoms with Crippen LogP contribution in [0.2, 0.25) is 0 Å². The van der Waals surface area contributed by atoms with Crippen LogP contribution in [0.1, 0.15) is 28.1 Å². The molecule has 1 aliphatic rings. The summed E-state index contributed by atoms with van der Waals surface area (Å²) >= 11 is 0. The maximum atomic E-state index is 12.4. The van der Waals surface area contributed by atoms with E-state index in [2.05, 4.69) is 0 Å². The van der Waals surface area contributed by atoms with Crippen LogP contribution in [0.3, 0.4) is 0 Å². The van der Waals surface area contributed by atoms with Gasteiger partial charge in [0.2, 0.25) is 6.43 Å². The monoisotopic (exact) mass is 200 g/mol. The molecule has 0 fully saturated rings. The Balaban J connectivity index is 2.35. The van der Waals surface area contributed by atoms with Gasteiger partial charge in [-0.1, -0.05) is 0 Å². The smallest absolute Gasteiger partial charge is 0.242 e. The first-order valence-corrected chi connectivity index (χ1v) is 4.48. The van der Waals surface area contributed by atoms with Crippen molar-refractivity contribution in [1.82, 2.24) is 0 Å². The van der Waals surface area contributed by atoms with E-state index in [0.29, 0.717) is 11.3 Å². The number of aryl methyl sites for hydroxylation is 1. The molecule has 1 unspecified atom stereocenters. The quantitative estimate of drug-likeness (QED) is 0.697. The topological polar surface area (TPSA) is 30.2 Å². The molecular weight excluding hydrogens is 190 g/mol. The van der Waals surface area contributed by atoms with E-state index in [0.717, 1.165) is 5.56 Å². The molecule has 0 radical (unpaired) electrons. The molecule has 1 aromatic rings. The van der Waals surface area contributed by atoms with Gasteiger partial charge in [-0.05, 0) is 12.5 Å². The van der Waals surface area contributed by atoms with E-state index in [1.807, 2.05) is 0 Å². The van der Waals surface area contributed by atoms with E-state index in [1.54, 1.807) is 6.92 Å². The summed E-state index contributed by atoms with van der Waals surface area (Å²) in [4.78, 5) is 11.5. The number of Topliss-reactive ketones (excluding diaryl/α,β-unsaturated/α-hetero) is 1. The van der Waals surface area contributed by atoms with Gasteiger partial charge in [-0.3, -0.25) is 4.79 Å². The summed E-state index contributed by atoms with van der Waals surface area (Å²) in [5.74, 6) is -0.674. The number of furan rings is 1. The number of fused-ring (bicyclic) bond motifs is 1. The zero-order valence-corrected chi connectivity index (χ0v) is 7.72. The largest absolute Gasteiger partial charge is 0.468 e. The Kier molecular flexibility index (Phi) is 2.13. The second-order valence-corrected chi connectivity index (χ2v) is 3.64. The molecule has 0 amide bonds. The highest BCUT2D eigenvalue weighted by molar-refractivity contribution is 5.99. The molecule has 0 saturated carbocycles. The highest BCUT2D eigenvalue weighted by Gasteiger charge is 2.33. The number of hydrogen-bond acceptors (Lipinski definition) is 2. The molecule has 0 aliphatic heterocycles. The number of alkyl halides is 2. The SMILES string of the molecule is Cc1coc2c1C(=O)CC(C(F)F)C2. The fraction of sp³-hybridized carbons (Fsp3) is 0.500. The van der Waals surface area contributed by atoms with Gasteiger partial charge in [0.1, 0.15) is 5.76 Å². The van der Waals surface area contributed by atoms with Crippen LogP contribution in [0.15, 0.2) is 10.7 Å². The molecule has 0 aromatic carbocycles. The average molecular weight is 200 g/mol. The zero-order valence-electron chi connectivity index (χ0n) is 7.72. The summed E-state index contributed by atoms with van der Waals surface area (Å²) in [6.07, 6.45) is -0.883. The van der Waals surface area contributed by atoms with Crippen LogP contribution < -0.4 is 0 Å². The Labute approximate surface area is 79.9 Å². The van der Waals surface area contributed by atoms with Crippen molar-refractivity contribution in [1.29, 1.82) is 0 Å². The minimum atomic E-state index is -2.45. The second-order valence-electron chi connectivity index (χ2n) is 3.64.